The minimum atomic E-state index is -2.58. The number of ether oxygens (including phenoxy) is 4. The van der Waals surface area contributed by atoms with Gasteiger partial charge in [-0.3, -0.25) is 0 Å². The zero-order chi connectivity index (χ0) is 14.5. The van der Waals surface area contributed by atoms with Crippen LogP contribution in [0.1, 0.15) is 19.3 Å². The topological polar surface area (TPSA) is 55.4 Å². The highest BCUT2D eigenvalue weighted by Crippen LogP contribution is 2.60. The summed E-state index contributed by atoms with van der Waals surface area (Å²) in [4.78, 5) is 0. The first-order valence-electron chi connectivity index (χ1n) is 7.13. The summed E-state index contributed by atoms with van der Waals surface area (Å²) in [5.41, 5.74) is -0.613. The van der Waals surface area contributed by atoms with E-state index in [9.17, 15) is 0 Å². The van der Waals surface area contributed by atoms with E-state index in [1.54, 1.807) is 21.3 Å². The zero-order valence-electron chi connectivity index (χ0n) is 12.7. The molecule has 0 aromatic heterocycles. The summed E-state index contributed by atoms with van der Waals surface area (Å²) in [7, 11) is 2.46. The van der Waals surface area contributed by atoms with Crippen LogP contribution in [0.15, 0.2) is 0 Å². The maximum absolute atomic E-state index is 6.08. The third-order valence-electron chi connectivity index (χ3n) is 5.48. The minimum absolute atomic E-state index is 0.571. The van der Waals surface area contributed by atoms with Crippen molar-refractivity contribution in [1.82, 2.24) is 0 Å². The van der Waals surface area contributed by atoms with Crippen LogP contribution in [-0.2, 0) is 27.8 Å². The molecule has 0 saturated carbocycles. The fourth-order valence-electron chi connectivity index (χ4n) is 3.93. The molecule has 0 aromatic carbocycles. The number of hydrogen-bond acceptors (Lipinski definition) is 6. The molecule has 3 rings (SSSR count). The van der Waals surface area contributed by atoms with Crippen molar-refractivity contribution in [2.45, 2.75) is 42.4 Å². The molecule has 3 aliphatic heterocycles. The summed E-state index contributed by atoms with van der Waals surface area (Å²) in [6.07, 6.45) is 2.51. The predicted molar refractivity (Wildman–Crippen MR) is 72.5 cm³/mol. The largest absolute Gasteiger partial charge is 0.396 e. The van der Waals surface area contributed by atoms with Gasteiger partial charge in [-0.25, -0.2) is 0 Å². The SMILES string of the molecule is COC1(C2(C3([Si](C)(OC)OC)CCO3)CCO2)CCO1. The van der Waals surface area contributed by atoms with Gasteiger partial charge in [0.2, 0.25) is 5.79 Å². The van der Waals surface area contributed by atoms with Crippen LogP contribution in [0.5, 0.6) is 0 Å². The fourth-order valence-corrected chi connectivity index (χ4v) is 6.79. The third-order valence-corrected chi connectivity index (χ3v) is 9.30. The molecule has 116 valence electrons. The van der Waals surface area contributed by atoms with Crippen molar-refractivity contribution in [3.05, 3.63) is 0 Å². The van der Waals surface area contributed by atoms with E-state index in [2.05, 4.69) is 0 Å². The highest BCUT2D eigenvalue weighted by Gasteiger charge is 2.80. The molecule has 3 fully saturated rings. The van der Waals surface area contributed by atoms with Gasteiger partial charge in [-0.05, 0) is 6.55 Å². The molecule has 20 heavy (non-hydrogen) atoms. The van der Waals surface area contributed by atoms with Crippen molar-refractivity contribution < 1.29 is 27.8 Å². The number of rotatable bonds is 6. The molecular weight excluding hydrogens is 280 g/mol. The Hall–Kier alpha value is -0.0231. The van der Waals surface area contributed by atoms with Crippen molar-refractivity contribution in [3.8, 4) is 0 Å². The lowest BCUT2D eigenvalue weighted by Gasteiger charge is -2.69. The van der Waals surface area contributed by atoms with Crippen molar-refractivity contribution in [2.75, 3.05) is 41.2 Å². The highest BCUT2D eigenvalue weighted by atomic mass is 28.4. The first-order chi connectivity index (χ1) is 9.55. The molecule has 0 aliphatic carbocycles. The van der Waals surface area contributed by atoms with E-state index < -0.39 is 25.2 Å². The molecule has 0 aromatic rings. The quantitative estimate of drug-likeness (QED) is 0.682. The maximum Gasteiger partial charge on any atom is 0.370 e. The lowest BCUT2D eigenvalue weighted by Crippen LogP contribution is -2.87. The average Bonchev–Trinajstić information content (AvgIpc) is 2.32. The summed E-state index contributed by atoms with van der Waals surface area (Å²) >= 11 is 0. The van der Waals surface area contributed by atoms with Crippen LogP contribution in [0.4, 0.5) is 0 Å². The van der Waals surface area contributed by atoms with Gasteiger partial charge >= 0.3 is 8.56 Å². The second kappa shape index (κ2) is 4.74. The van der Waals surface area contributed by atoms with Crippen LogP contribution in [0.3, 0.4) is 0 Å². The van der Waals surface area contributed by atoms with E-state index in [1.807, 2.05) is 6.55 Å². The van der Waals surface area contributed by atoms with E-state index >= 15 is 0 Å². The Balaban J connectivity index is 2.02. The molecule has 0 spiro atoms. The van der Waals surface area contributed by atoms with Crippen LogP contribution in [0.25, 0.3) is 0 Å². The van der Waals surface area contributed by atoms with Crippen LogP contribution in [-0.4, -0.2) is 66.3 Å². The molecule has 0 radical (unpaired) electrons. The second-order valence-corrected chi connectivity index (χ2v) is 9.28. The van der Waals surface area contributed by atoms with E-state index in [1.165, 1.54) is 0 Å². The Labute approximate surface area is 120 Å². The van der Waals surface area contributed by atoms with Crippen molar-refractivity contribution >= 4 is 8.56 Å². The molecule has 0 amide bonds. The van der Waals surface area contributed by atoms with Crippen LogP contribution < -0.4 is 0 Å². The molecule has 3 aliphatic rings. The highest BCUT2D eigenvalue weighted by molar-refractivity contribution is 6.69. The molecule has 3 atom stereocenters. The fraction of sp³-hybridized carbons (Fsp3) is 1.00. The van der Waals surface area contributed by atoms with Gasteiger partial charge in [-0.15, -0.1) is 0 Å². The van der Waals surface area contributed by atoms with Gasteiger partial charge in [0.15, 0.2) is 5.60 Å². The molecule has 0 N–H and O–H groups in total. The summed E-state index contributed by atoms with van der Waals surface area (Å²) in [5.74, 6) is -0.725. The van der Waals surface area contributed by atoms with Crippen LogP contribution in [0.2, 0.25) is 6.55 Å². The van der Waals surface area contributed by atoms with Crippen molar-refractivity contribution in [2.24, 2.45) is 0 Å². The zero-order valence-corrected chi connectivity index (χ0v) is 13.7. The van der Waals surface area contributed by atoms with E-state index in [-0.39, 0.29) is 0 Å². The number of hydrogen-bond donors (Lipinski definition) is 0. The summed E-state index contributed by atoms with van der Waals surface area (Å²) in [6, 6.07) is 0. The normalized spacial score (nSPS) is 44.4. The Morgan fingerprint density at radius 1 is 0.850 bits per heavy atom. The van der Waals surface area contributed by atoms with Crippen LogP contribution in [0, 0.1) is 0 Å². The van der Waals surface area contributed by atoms with Crippen molar-refractivity contribution in [3.63, 3.8) is 0 Å². The molecule has 3 unspecified atom stereocenters. The molecule has 7 heteroatoms. The monoisotopic (exact) mass is 304 g/mol. The van der Waals surface area contributed by atoms with Crippen LogP contribution >= 0.6 is 0 Å². The summed E-state index contributed by atoms with van der Waals surface area (Å²) < 4.78 is 35.3. The third kappa shape index (κ3) is 1.44. The number of methoxy groups -OCH3 is 1. The Morgan fingerprint density at radius 2 is 1.35 bits per heavy atom. The predicted octanol–water partition coefficient (Wildman–Crippen LogP) is 0.972. The van der Waals surface area contributed by atoms with Gasteiger partial charge in [0, 0.05) is 40.6 Å². The molecule has 0 bridgehead atoms. The molecule has 3 heterocycles. The summed E-state index contributed by atoms with van der Waals surface area (Å²) in [5, 5.41) is -0.571. The van der Waals surface area contributed by atoms with Gasteiger partial charge in [0.05, 0.1) is 19.8 Å². The maximum atomic E-state index is 6.08. The lowest BCUT2D eigenvalue weighted by atomic mass is 9.73. The Kier molecular flexibility index (Phi) is 3.53. The first-order valence-corrected chi connectivity index (χ1v) is 9.44. The van der Waals surface area contributed by atoms with Gasteiger partial charge in [-0.1, -0.05) is 0 Å². The Morgan fingerprint density at radius 3 is 1.55 bits per heavy atom. The average molecular weight is 304 g/mol. The smallest absolute Gasteiger partial charge is 0.370 e. The second-order valence-electron chi connectivity index (χ2n) is 5.76. The van der Waals surface area contributed by atoms with Gasteiger partial charge in [-0.2, -0.15) is 0 Å². The van der Waals surface area contributed by atoms with E-state index in [0.29, 0.717) is 19.8 Å². The first kappa shape index (κ1) is 14.9. The van der Waals surface area contributed by atoms with E-state index in [0.717, 1.165) is 19.3 Å². The van der Waals surface area contributed by atoms with Gasteiger partial charge < -0.3 is 27.8 Å². The minimum Gasteiger partial charge on any atom is -0.396 e. The Bertz CT molecular complexity index is 337. The standard InChI is InChI=1S/C13H24O6Si/c1-14-12(6-9-18-12)11(5-8-17-11)13(7-10-19-13)20(4,15-2)16-3/h5-10H2,1-4H3. The molecule has 6 nitrogen and oxygen atoms in total. The van der Waals surface area contributed by atoms with Crippen molar-refractivity contribution in [1.29, 1.82) is 0 Å². The van der Waals surface area contributed by atoms with E-state index in [4.69, 9.17) is 27.8 Å². The lowest BCUT2D eigenvalue weighted by molar-refractivity contribution is -0.447. The van der Waals surface area contributed by atoms with Gasteiger partial charge in [0.25, 0.3) is 0 Å². The summed E-state index contributed by atoms with van der Waals surface area (Å²) in [6.45, 7) is 4.10. The molecule has 3 saturated heterocycles. The molecular formula is C13H24O6Si. The van der Waals surface area contributed by atoms with Gasteiger partial charge in [0.1, 0.15) is 5.22 Å².